The number of nitrogens with zero attached hydrogens (tertiary/aromatic N) is 4. The van der Waals surface area contributed by atoms with Crippen molar-refractivity contribution in [1.82, 2.24) is 15.3 Å². The highest BCUT2D eigenvalue weighted by molar-refractivity contribution is 5.99. The van der Waals surface area contributed by atoms with Gasteiger partial charge < -0.3 is 19.7 Å². The molecule has 1 amide bonds. The lowest BCUT2D eigenvalue weighted by molar-refractivity contribution is 0.0948. The van der Waals surface area contributed by atoms with Crippen LogP contribution in [0.15, 0.2) is 30.5 Å². The number of ether oxygens (including phenoxy) is 2. The van der Waals surface area contributed by atoms with Crippen molar-refractivity contribution in [3.8, 4) is 17.3 Å². The van der Waals surface area contributed by atoms with Crippen LogP contribution < -0.4 is 10.2 Å². The predicted molar refractivity (Wildman–Crippen MR) is 104 cm³/mol. The number of anilines is 1. The molecule has 0 saturated carbocycles. The summed E-state index contributed by atoms with van der Waals surface area (Å²) in [7, 11) is 1.63. The average Bonchev–Trinajstić information content (AvgIpc) is 2.77. The van der Waals surface area contributed by atoms with Crippen LogP contribution in [0.5, 0.6) is 0 Å². The van der Waals surface area contributed by atoms with Gasteiger partial charge in [0.05, 0.1) is 36.1 Å². The third kappa shape index (κ3) is 4.82. The maximum absolute atomic E-state index is 12.7. The lowest BCUT2D eigenvalue weighted by Crippen LogP contribution is -2.37. The van der Waals surface area contributed by atoms with Crippen molar-refractivity contribution >= 4 is 11.9 Å². The summed E-state index contributed by atoms with van der Waals surface area (Å²) in [6.07, 6.45) is 2.29. The van der Waals surface area contributed by atoms with E-state index in [1.807, 2.05) is 4.90 Å². The van der Waals surface area contributed by atoms with Crippen molar-refractivity contribution in [3.63, 3.8) is 0 Å². The summed E-state index contributed by atoms with van der Waals surface area (Å²) < 4.78 is 10.4. The molecule has 1 aromatic heterocycles. The highest BCUT2D eigenvalue weighted by atomic mass is 16.5. The number of hydrogen-bond acceptors (Lipinski definition) is 7. The second-order valence-corrected chi connectivity index (χ2v) is 6.32. The van der Waals surface area contributed by atoms with Crippen LogP contribution in [0, 0.1) is 11.3 Å². The zero-order valence-corrected chi connectivity index (χ0v) is 15.9. The van der Waals surface area contributed by atoms with Crippen molar-refractivity contribution < 1.29 is 14.3 Å². The number of benzene rings is 1. The summed E-state index contributed by atoms with van der Waals surface area (Å²) in [4.78, 5) is 23.8. The number of nitrogens with one attached hydrogen (secondary N) is 1. The Hall–Kier alpha value is -3.02. The molecule has 1 aliphatic rings. The number of aromatic nitrogens is 2. The van der Waals surface area contributed by atoms with Gasteiger partial charge in [-0.25, -0.2) is 9.97 Å². The van der Waals surface area contributed by atoms with Crippen molar-refractivity contribution in [1.29, 1.82) is 5.26 Å². The Bertz CT molecular complexity index is 842. The first kappa shape index (κ1) is 19.7. The van der Waals surface area contributed by atoms with Gasteiger partial charge in [-0.3, -0.25) is 4.79 Å². The molecular weight excluding hydrogens is 358 g/mol. The maximum atomic E-state index is 12.7. The van der Waals surface area contributed by atoms with Crippen molar-refractivity contribution in [3.05, 3.63) is 41.6 Å². The summed E-state index contributed by atoms with van der Waals surface area (Å²) in [6.45, 7) is 3.74. The number of methoxy groups -OCH3 is 1. The Kier molecular flexibility index (Phi) is 6.89. The molecular formula is C20H23N5O3. The summed E-state index contributed by atoms with van der Waals surface area (Å²) in [5, 5.41) is 11.9. The Balaban J connectivity index is 1.90. The Morgan fingerprint density at radius 1 is 1.32 bits per heavy atom. The number of morpholine rings is 1. The molecule has 0 bridgehead atoms. The van der Waals surface area contributed by atoms with Gasteiger partial charge in [0.25, 0.3) is 5.91 Å². The van der Waals surface area contributed by atoms with Crippen LogP contribution in [0.3, 0.4) is 0 Å². The van der Waals surface area contributed by atoms with Crippen LogP contribution in [0.4, 0.5) is 5.95 Å². The summed E-state index contributed by atoms with van der Waals surface area (Å²) in [5.74, 6) is 0.336. The van der Waals surface area contributed by atoms with E-state index >= 15 is 0 Å². The quantitative estimate of drug-likeness (QED) is 0.727. The van der Waals surface area contributed by atoms with E-state index in [9.17, 15) is 4.79 Å². The first-order valence-electron chi connectivity index (χ1n) is 9.20. The minimum Gasteiger partial charge on any atom is -0.385 e. The van der Waals surface area contributed by atoms with E-state index in [4.69, 9.17) is 14.7 Å². The molecule has 2 aromatic rings. The number of nitriles is 1. The van der Waals surface area contributed by atoms with Crippen LogP contribution in [-0.2, 0) is 9.47 Å². The van der Waals surface area contributed by atoms with Gasteiger partial charge in [-0.15, -0.1) is 0 Å². The molecule has 1 fully saturated rings. The fraction of sp³-hybridized carbons (Fsp3) is 0.400. The molecule has 2 heterocycles. The second kappa shape index (κ2) is 9.78. The maximum Gasteiger partial charge on any atom is 0.255 e. The molecule has 0 unspecified atom stereocenters. The molecule has 146 valence electrons. The Labute approximate surface area is 164 Å². The number of amides is 1. The van der Waals surface area contributed by atoms with E-state index in [0.717, 1.165) is 12.0 Å². The van der Waals surface area contributed by atoms with E-state index in [1.165, 1.54) is 0 Å². The summed E-state index contributed by atoms with van der Waals surface area (Å²) >= 11 is 0. The SMILES string of the molecule is COCCCNC(=O)c1cnc(N2CCOCC2)nc1-c1ccc(C#N)cc1. The van der Waals surface area contributed by atoms with Gasteiger partial charge in [-0.1, -0.05) is 12.1 Å². The molecule has 0 atom stereocenters. The van der Waals surface area contributed by atoms with Crippen LogP contribution in [-0.4, -0.2) is 62.4 Å². The van der Waals surface area contributed by atoms with Crippen molar-refractivity contribution in [2.24, 2.45) is 0 Å². The third-order valence-electron chi connectivity index (χ3n) is 4.41. The number of rotatable bonds is 7. The smallest absolute Gasteiger partial charge is 0.255 e. The van der Waals surface area contributed by atoms with Gasteiger partial charge in [-0.05, 0) is 18.6 Å². The topological polar surface area (TPSA) is 100 Å². The molecule has 1 aliphatic heterocycles. The summed E-state index contributed by atoms with van der Waals surface area (Å²) in [5.41, 5.74) is 2.26. The van der Waals surface area contributed by atoms with Gasteiger partial charge in [-0.2, -0.15) is 5.26 Å². The molecule has 1 aromatic carbocycles. The fourth-order valence-corrected chi connectivity index (χ4v) is 2.89. The largest absolute Gasteiger partial charge is 0.385 e. The number of carbonyl (C=O) groups is 1. The molecule has 3 rings (SSSR count). The molecule has 0 spiro atoms. The first-order valence-corrected chi connectivity index (χ1v) is 9.20. The van der Waals surface area contributed by atoms with Gasteiger partial charge in [0, 0.05) is 45.1 Å². The van der Waals surface area contributed by atoms with Crippen LogP contribution >= 0.6 is 0 Å². The molecule has 0 aliphatic carbocycles. The molecule has 0 radical (unpaired) electrons. The lowest BCUT2D eigenvalue weighted by atomic mass is 10.0. The Morgan fingerprint density at radius 3 is 2.75 bits per heavy atom. The fourth-order valence-electron chi connectivity index (χ4n) is 2.89. The molecule has 1 saturated heterocycles. The molecule has 28 heavy (non-hydrogen) atoms. The van der Waals surface area contributed by atoms with E-state index < -0.39 is 0 Å². The predicted octanol–water partition coefficient (Wildman–Crippen LogP) is 1.62. The van der Waals surface area contributed by atoms with E-state index in [0.29, 0.717) is 62.2 Å². The van der Waals surface area contributed by atoms with Gasteiger partial charge >= 0.3 is 0 Å². The van der Waals surface area contributed by atoms with Crippen LogP contribution in [0.25, 0.3) is 11.3 Å². The normalized spacial score (nSPS) is 13.8. The molecule has 8 heteroatoms. The minimum absolute atomic E-state index is 0.232. The van der Waals surface area contributed by atoms with Crippen molar-refractivity contribution in [2.45, 2.75) is 6.42 Å². The highest BCUT2D eigenvalue weighted by Gasteiger charge is 2.20. The molecule has 1 N–H and O–H groups in total. The average molecular weight is 381 g/mol. The van der Waals surface area contributed by atoms with Gasteiger partial charge in [0.15, 0.2) is 0 Å². The standard InChI is InChI=1S/C20H23N5O3/c1-27-10-2-7-22-19(26)17-14-23-20(25-8-11-28-12-9-25)24-18(17)16-5-3-15(13-21)4-6-16/h3-6,14H,2,7-12H2,1H3,(H,22,26). The van der Waals surface area contributed by atoms with E-state index in [1.54, 1.807) is 37.6 Å². The minimum atomic E-state index is -0.232. The van der Waals surface area contributed by atoms with Crippen LogP contribution in [0.2, 0.25) is 0 Å². The summed E-state index contributed by atoms with van der Waals surface area (Å²) in [6, 6.07) is 9.12. The number of hydrogen-bond donors (Lipinski definition) is 1. The zero-order valence-electron chi connectivity index (χ0n) is 15.9. The van der Waals surface area contributed by atoms with Crippen molar-refractivity contribution in [2.75, 3.05) is 51.5 Å². The molecule has 8 nitrogen and oxygen atoms in total. The van der Waals surface area contributed by atoms with Crippen LogP contribution in [0.1, 0.15) is 22.3 Å². The Morgan fingerprint density at radius 2 is 2.07 bits per heavy atom. The first-order chi connectivity index (χ1) is 13.7. The monoisotopic (exact) mass is 381 g/mol. The van der Waals surface area contributed by atoms with E-state index in [-0.39, 0.29) is 5.91 Å². The second-order valence-electron chi connectivity index (χ2n) is 6.32. The lowest BCUT2D eigenvalue weighted by Gasteiger charge is -2.27. The van der Waals surface area contributed by atoms with E-state index in [2.05, 4.69) is 21.4 Å². The van der Waals surface area contributed by atoms with Gasteiger partial charge in [0.1, 0.15) is 0 Å². The number of carbonyl (C=O) groups excluding carboxylic acids is 1. The zero-order chi connectivity index (χ0) is 19.8. The third-order valence-corrected chi connectivity index (χ3v) is 4.41. The highest BCUT2D eigenvalue weighted by Crippen LogP contribution is 2.24. The van der Waals surface area contributed by atoms with Gasteiger partial charge in [0.2, 0.25) is 5.95 Å².